The summed E-state index contributed by atoms with van der Waals surface area (Å²) in [4.78, 5) is 49.7. The van der Waals surface area contributed by atoms with E-state index >= 15 is 0 Å². The fourth-order valence-electron chi connectivity index (χ4n) is 3.63. The van der Waals surface area contributed by atoms with Gasteiger partial charge in [0.25, 0.3) is 11.5 Å². The van der Waals surface area contributed by atoms with Crippen LogP contribution >= 0.6 is 0 Å². The zero-order valence-electron chi connectivity index (χ0n) is 18.2. The Bertz CT molecular complexity index is 1520. The molecule has 3 aromatic carbocycles. The minimum absolute atomic E-state index is 0.0430. The van der Waals surface area contributed by atoms with Crippen molar-refractivity contribution in [3.05, 3.63) is 110 Å². The number of phenols is 1. The molecule has 0 atom stereocenters. The van der Waals surface area contributed by atoms with Crippen molar-refractivity contribution in [1.82, 2.24) is 14.5 Å². The Kier molecular flexibility index (Phi) is 6.01. The van der Waals surface area contributed by atoms with Gasteiger partial charge in [0.15, 0.2) is 0 Å². The van der Waals surface area contributed by atoms with Crippen LogP contribution in [0.4, 0.5) is 0 Å². The number of carbonyl (C=O) groups excluding carboxylic acids is 1. The van der Waals surface area contributed by atoms with Crippen molar-refractivity contribution in [2.24, 2.45) is 7.05 Å². The highest BCUT2D eigenvalue weighted by atomic mass is 16.4. The van der Waals surface area contributed by atoms with E-state index in [1.807, 2.05) is 0 Å². The summed E-state index contributed by atoms with van der Waals surface area (Å²) in [7, 11) is 1.54. The zero-order chi connectivity index (χ0) is 24.4. The van der Waals surface area contributed by atoms with E-state index in [4.69, 9.17) is 5.11 Å². The number of carboxylic acid groups (broad SMARTS) is 1. The molecule has 0 radical (unpaired) electrons. The number of carboxylic acids is 1. The van der Waals surface area contributed by atoms with Gasteiger partial charge in [0.2, 0.25) is 0 Å². The van der Waals surface area contributed by atoms with Gasteiger partial charge >= 0.3 is 11.7 Å². The number of nitrogens with zero attached hydrogens (tertiary/aromatic N) is 2. The molecule has 0 fully saturated rings. The second-order valence-electron chi connectivity index (χ2n) is 7.82. The third kappa shape index (κ3) is 4.44. The maximum absolute atomic E-state index is 13.2. The minimum atomic E-state index is -1.07. The van der Waals surface area contributed by atoms with Crippen molar-refractivity contribution in [2.75, 3.05) is 0 Å². The topological polar surface area (TPSA) is 131 Å². The van der Waals surface area contributed by atoms with E-state index in [2.05, 4.69) is 5.32 Å². The summed E-state index contributed by atoms with van der Waals surface area (Å²) < 4.78 is 2.39. The standard InChI is InChI=1S/C25H21N3O6/c1-27-21-11-8-18(22(30)26-13-15-4-9-19(29)10-5-15)12-20(21)23(31)28(25(27)34)14-16-2-6-17(7-3-16)24(32)33/h2-12,29H,13-14H2,1H3,(H,26,30)(H,32,33). The number of fused-ring (bicyclic) bond motifs is 1. The van der Waals surface area contributed by atoms with Crippen LogP contribution in [-0.2, 0) is 20.1 Å². The van der Waals surface area contributed by atoms with E-state index in [0.29, 0.717) is 11.1 Å². The first-order valence-electron chi connectivity index (χ1n) is 10.4. The van der Waals surface area contributed by atoms with Crippen molar-refractivity contribution in [1.29, 1.82) is 0 Å². The number of aromatic carboxylic acids is 1. The Hall–Kier alpha value is -4.66. The van der Waals surface area contributed by atoms with Gasteiger partial charge in [-0.2, -0.15) is 0 Å². The third-order valence-corrected chi connectivity index (χ3v) is 5.54. The lowest BCUT2D eigenvalue weighted by molar-refractivity contribution is 0.0696. The fraction of sp³-hybridized carbons (Fsp3) is 0.120. The van der Waals surface area contributed by atoms with Crippen LogP contribution in [0.25, 0.3) is 10.9 Å². The van der Waals surface area contributed by atoms with Crippen LogP contribution < -0.4 is 16.6 Å². The van der Waals surface area contributed by atoms with Gasteiger partial charge in [-0.25, -0.2) is 9.59 Å². The molecule has 4 rings (SSSR count). The minimum Gasteiger partial charge on any atom is -0.508 e. The van der Waals surface area contributed by atoms with Crippen LogP contribution in [0.3, 0.4) is 0 Å². The molecule has 0 aliphatic carbocycles. The molecule has 1 heterocycles. The highest BCUT2D eigenvalue weighted by molar-refractivity contribution is 5.97. The maximum Gasteiger partial charge on any atom is 0.335 e. The molecular weight excluding hydrogens is 438 g/mol. The molecule has 0 bridgehead atoms. The van der Waals surface area contributed by atoms with Crippen molar-refractivity contribution in [3.8, 4) is 5.75 Å². The van der Waals surface area contributed by atoms with Gasteiger partial charge in [0.05, 0.1) is 23.0 Å². The number of carbonyl (C=O) groups is 2. The molecule has 0 aliphatic rings. The van der Waals surface area contributed by atoms with Crippen LogP contribution in [0.5, 0.6) is 5.75 Å². The molecule has 0 aliphatic heterocycles. The Labute approximate surface area is 193 Å². The first kappa shape index (κ1) is 22.5. The second-order valence-corrected chi connectivity index (χ2v) is 7.82. The first-order valence-corrected chi connectivity index (χ1v) is 10.4. The largest absolute Gasteiger partial charge is 0.508 e. The van der Waals surface area contributed by atoms with E-state index in [1.54, 1.807) is 43.4 Å². The van der Waals surface area contributed by atoms with Crippen molar-refractivity contribution >= 4 is 22.8 Å². The quantitative estimate of drug-likeness (QED) is 0.405. The van der Waals surface area contributed by atoms with Gasteiger partial charge in [0.1, 0.15) is 5.75 Å². The van der Waals surface area contributed by atoms with Crippen molar-refractivity contribution < 1.29 is 19.8 Å². The summed E-state index contributed by atoms with van der Waals surface area (Å²) in [6.45, 7) is 0.194. The number of aromatic hydroxyl groups is 1. The first-order chi connectivity index (χ1) is 16.2. The van der Waals surface area contributed by atoms with Gasteiger partial charge in [-0.05, 0) is 53.6 Å². The molecule has 34 heavy (non-hydrogen) atoms. The molecule has 172 valence electrons. The summed E-state index contributed by atoms with van der Waals surface area (Å²) in [5.41, 5.74) is 1.07. The number of hydrogen-bond donors (Lipinski definition) is 3. The Morgan fingerprint density at radius 1 is 0.882 bits per heavy atom. The molecule has 0 saturated heterocycles. The number of aromatic nitrogens is 2. The predicted molar refractivity (Wildman–Crippen MR) is 125 cm³/mol. The fourth-order valence-corrected chi connectivity index (χ4v) is 3.63. The summed E-state index contributed by atoms with van der Waals surface area (Å²) in [5, 5.41) is 21.4. The molecule has 9 nitrogen and oxygen atoms in total. The van der Waals surface area contributed by atoms with Crippen LogP contribution in [0.15, 0.2) is 76.3 Å². The van der Waals surface area contributed by atoms with E-state index in [-0.39, 0.29) is 41.3 Å². The molecule has 0 unspecified atom stereocenters. The second kappa shape index (κ2) is 9.07. The third-order valence-electron chi connectivity index (χ3n) is 5.54. The average molecular weight is 459 g/mol. The number of hydrogen-bond acceptors (Lipinski definition) is 5. The molecule has 0 saturated carbocycles. The summed E-state index contributed by atoms with van der Waals surface area (Å²) in [6, 6.07) is 16.9. The van der Waals surface area contributed by atoms with Gasteiger partial charge in [-0.3, -0.25) is 18.7 Å². The van der Waals surface area contributed by atoms with Crippen LogP contribution in [-0.4, -0.2) is 31.2 Å². The molecule has 4 aromatic rings. The predicted octanol–water partition coefficient (Wildman–Crippen LogP) is 2.08. The van der Waals surface area contributed by atoms with Gasteiger partial charge in [-0.15, -0.1) is 0 Å². The highest BCUT2D eigenvalue weighted by Gasteiger charge is 2.15. The summed E-state index contributed by atoms with van der Waals surface area (Å²) >= 11 is 0. The average Bonchev–Trinajstić information content (AvgIpc) is 2.84. The lowest BCUT2D eigenvalue weighted by Gasteiger charge is -2.12. The number of phenolic OH excluding ortho intramolecular Hbond substituents is 1. The number of nitrogens with one attached hydrogen (secondary N) is 1. The Balaban J connectivity index is 1.65. The molecule has 3 N–H and O–H groups in total. The number of aryl methyl sites for hydroxylation is 1. The lowest BCUT2D eigenvalue weighted by atomic mass is 10.1. The lowest BCUT2D eigenvalue weighted by Crippen LogP contribution is -2.39. The van der Waals surface area contributed by atoms with Gasteiger partial charge < -0.3 is 15.5 Å². The van der Waals surface area contributed by atoms with Crippen molar-refractivity contribution in [2.45, 2.75) is 13.1 Å². The number of amides is 1. The maximum atomic E-state index is 13.2. The zero-order valence-corrected chi connectivity index (χ0v) is 18.2. The normalized spacial score (nSPS) is 10.9. The van der Waals surface area contributed by atoms with Crippen molar-refractivity contribution in [3.63, 3.8) is 0 Å². The Morgan fingerprint density at radius 3 is 2.15 bits per heavy atom. The summed E-state index contributed by atoms with van der Waals surface area (Å²) in [5.74, 6) is -1.33. The van der Waals surface area contributed by atoms with Gasteiger partial charge in [0, 0.05) is 19.2 Å². The monoisotopic (exact) mass is 459 g/mol. The smallest absolute Gasteiger partial charge is 0.335 e. The van der Waals surface area contributed by atoms with E-state index in [9.17, 15) is 24.3 Å². The van der Waals surface area contributed by atoms with Crippen LogP contribution in [0, 0.1) is 0 Å². The highest BCUT2D eigenvalue weighted by Crippen LogP contribution is 2.13. The van der Waals surface area contributed by atoms with E-state index in [0.717, 1.165) is 10.1 Å². The van der Waals surface area contributed by atoms with Crippen LogP contribution in [0.1, 0.15) is 31.8 Å². The molecule has 9 heteroatoms. The molecule has 0 spiro atoms. The molecular formula is C25H21N3O6. The molecule has 1 aromatic heterocycles. The molecule has 1 amide bonds. The number of rotatable bonds is 6. The van der Waals surface area contributed by atoms with E-state index in [1.165, 1.54) is 34.9 Å². The van der Waals surface area contributed by atoms with Crippen LogP contribution in [0.2, 0.25) is 0 Å². The SMILES string of the molecule is Cn1c(=O)n(Cc2ccc(C(=O)O)cc2)c(=O)c2cc(C(=O)NCc3ccc(O)cc3)ccc21. The summed E-state index contributed by atoms with van der Waals surface area (Å²) in [6.07, 6.45) is 0. The van der Waals surface area contributed by atoms with Gasteiger partial charge in [-0.1, -0.05) is 24.3 Å². The number of benzene rings is 3. The Morgan fingerprint density at radius 2 is 1.50 bits per heavy atom. The van der Waals surface area contributed by atoms with E-state index < -0.39 is 17.2 Å².